The molecule has 0 heterocycles. The molecule has 0 atom stereocenters. The molecule has 0 saturated carbocycles. The van der Waals surface area contributed by atoms with Gasteiger partial charge in [0, 0.05) is 0 Å². The molecule has 1 aromatic carbocycles. The van der Waals surface area contributed by atoms with Crippen molar-refractivity contribution in [3.63, 3.8) is 0 Å². The van der Waals surface area contributed by atoms with Crippen LogP contribution in [0.2, 0.25) is 0 Å². The summed E-state index contributed by atoms with van der Waals surface area (Å²) < 4.78 is 31.6. The van der Waals surface area contributed by atoms with Gasteiger partial charge < -0.3 is 10.8 Å². The fourth-order valence-electron chi connectivity index (χ4n) is 0.632. The topological polar surface area (TPSA) is 121 Å². The Morgan fingerprint density at radius 3 is 1.71 bits per heavy atom. The molecule has 0 spiro atoms. The van der Waals surface area contributed by atoms with E-state index >= 15 is 0 Å². The van der Waals surface area contributed by atoms with Crippen molar-refractivity contribution in [1.29, 1.82) is 0 Å². The first-order chi connectivity index (χ1) is 7.81. The second-order valence-electron chi connectivity index (χ2n) is 2.93. The Kier molecular flexibility index (Phi) is 12.2. The minimum absolute atomic E-state index is 0.322. The van der Waals surface area contributed by atoms with E-state index in [1.165, 1.54) is 12.8 Å². The van der Waals surface area contributed by atoms with E-state index < -0.39 is 10.4 Å². The summed E-state index contributed by atoms with van der Waals surface area (Å²) in [6.45, 7) is 2.98. The van der Waals surface area contributed by atoms with E-state index in [0.717, 1.165) is 6.54 Å². The van der Waals surface area contributed by atoms with Gasteiger partial charge in [-0.15, -0.1) is 0 Å². The third-order valence-corrected chi connectivity index (χ3v) is 1.31. The van der Waals surface area contributed by atoms with Crippen molar-refractivity contribution in [3.05, 3.63) is 30.3 Å². The van der Waals surface area contributed by atoms with Gasteiger partial charge in [0.15, 0.2) is 0 Å². The van der Waals surface area contributed by atoms with Crippen molar-refractivity contribution in [1.82, 2.24) is 0 Å². The van der Waals surface area contributed by atoms with Crippen molar-refractivity contribution in [2.24, 2.45) is 5.73 Å². The minimum atomic E-state index is -4.67. The fourth-order valence-corrected chi connectivity index (χ4v) is 0.632. The maximum Gasteiger partial charge on any atom is 0.394 e. The smallest absolute Gasteiger partial charge is 0.394 e. The van der Waals surface area contributed by atoms with Crippen LogP contribution >= 0.6 is 0 Å². The Morgan fingerprint density at radius 1 is 1.18 bits per heavy atom. The molecule has 0 fully saturated rings. The van der Waals surface area contributed by atoms with Gasteiger partial charge in [0.2, 0.25) is 0 Å². The summed E-state index contributed by atoms with van der Waals surface area (Å²) in [6.07, 6.45) is 2.39. The first-order valence-electron chi connectivity index (χ1n) is 4.95. The SMILES string of the molecule is CCCCN.O=S(=O)(O)O.Oc1ccccc1. The van der Waals surface area contributed by atoms with Crippen molar-refractivity contribution in [3.8, 4) is 5.75 Å². The van der Waals surface area contributed by atoms with Crippen molar-refractivity contribution >= 4 is 10.4 Å². The summed E-state index contributed by atoms with van der Waals surface area (Å²) in [4.78, 5) is 0. The molecule has 1 rings (SSSR count). The average Bonchev–Trinajstić information content (AvgIpc) is 2.18. The monoisotopic (exact) mass is 265 g/mol. The van der Waals surface area contributed by atoms with Crippen LogP contribution in [0.25, 0.3) is 0 Å². The van der Waals surface area contributed by atoms with Crippen LogP contribution in [0.4, 0.5) is 0 Å². The predicted molar refractivity (Wildman–Crippen MR) is 66.2 cm³/mol. The molecule has 7 heteroatoms. The maximum atomic E-state index is 8.74. The highest BCUT2D eigenvalue weighted by Gasteiger charge is 1.84. The number of aromatic hydroxyl groups is 1. The van der Waals surface area contributed by atoms with E-state index in [2.05, 4.69) is 6.92 Å². The summed E-state index contributed by atoms with van der Waals surface area (Å²) in [5, 5.41) is 8.63. The lowest BCUT2D eigenvalue weighted by Gasteiger charge is -1.82. The number of unbranched alkanes of at least 4 members (excludes halogenated alkanes) is 1. The zero-order valence-electron chi connectivity index (χ0n) is 9.65. The molecule has 0 saturated heterocycles. The van der Waals surface area contributed by atoms with E-state index in [9.17, 15) is 0 Å². The van der Waals surface area contributed by atoms with Gasteiger partial charge in [0.05, 0.1) is 0 Å². The summed E-state index contributed by atoms with van der Waals surface area (Å²) in [5.74, 6) is 0.322. The van der Waals surface area contributed by atoms with E-state index in [4.69, 9.17) is 28.4 Å². The Bertz CT molecular complexity index is 342. The standard InChI is InChI=1S/C6H6O.C4H11N.H2O4S/c7-6-4-2-1-3-5-6;1-2-3-4-5;1-5(2,3)4/h1-5,7H;2-5H2,1H3;(H2,1,2,3,4). The van der Waals surface area contributed by atoms with E-state index in [-0.39, 0.29) is 0 Å². The fraction of sp³-hybridized carbons (Fsp3) is 0.400. The highest BCUT2D eigenvalue weighted by Crippen LogP contribution is 2.02. The number of benzene rings is 1. The molecule has 0 aliphatic carbocycles. The van der Waals surface area contributed by atoms with E-state index in [1.807, 2.05) is 6.07 Å². The van der Waals surface area contributed by atoms with E-state index in [0.29, 0.717) is 5.75 Å². The van der Waals surface area contributed by atoms with Gasteiger partial charge in [0.25, 0.3) is 0 Å². The minimum Gasteiger partial charge on any atom is -0.508 e. The van der Waals surface area contributed by atoms with Crippen LogP contribution in [-0.2, 0) is 10.4 Å². The van der Waals surface area contributed by atoms with Crippen LogP contribution in [0.1, 0.15) is 19.8 Å². The molecule has 17 heavy (non-hydrogen) atoms. The highest BCUT2D eigenvalue weighted by atomic mass is 32.3. The van der Waals surface area contributed by atoms with Gasteiger partial charge >= 0.3 is 10.4 Å². The molecule has 1 aromatic rings. The molecule has 0 aliphatic rings. The Hall–Kier alpha value is -1.15. The number of hydrogen-bond acceptors (Lipinski definition) is 4. The van der Waals surface area contributed by atoms with Crippen molar-refractivity contribution in [2.45, 2.75) is 19.8 Å². The molecule has 0 aliphatic heterocycles. The number of para-hydroxylation sites is 1. The zero-order chi connectivity index (χ0) is 13.7. The summed E-state index contributed by atoms with van der Waals surface area (Å²) in [6, 6.07) is 8.71. The molecule has 0 unspecified atom stereocenters. The van der Waals surface area contributed by atoms with Gasteiger partial charge in [-0.3, -0.25) is 9.11 Å². The first kappa shape index (κ1) is 18.2. The number of rotatable bonds is 2. The van der Waals surface area contributed by atoms with Crippen LogP contribution in [0.3, 0.4) is 0 Å². The second-order valence-corrected chi connectivity index (χ2v) is 3.82. The third kappa shape index (κ3) is 31.3. The Labute approximate surface area is 102 Å². The van der Waals surface area contributed by atoms with Crippen LogP contribution in [0.5, 0.6) is 5.75 Å². The zero-order valence-corrected chi connectivity index (χ0v) is 10.5. The quantitative estimate of drug-likeness (QED) is 0.601. The Morgan fingerprint density at radius 2 is 1.59 bits per heavy atom. The lowest BCUT2D eigenvalue weighted by Crippen LogP contribution is -1.95. The summed E-state index contributed by atoms with van der Waals surface area (Å²) in [7, 11) is -4.67. The normalized spacial score (nSPS) is 9.41. The van der Waals surface area contributed by atoms with Crippen LogP contribution in [-0.4, -0.2) is 29.2 Å². The van der Waals surface area contributed by atoms with Gasteiger partial charge in [-0.2, -0.15) is 8.42 Å². The molecular formula is C10H19NO5S. The molecular weight excluding hydrogens is 246 g/mol. The third-order valence-electron chi connectivity index (χ3n) is 1.31. The number of hydrogen-bond donors (Lipinski definition) is 4. The highest BCUT2D eigenvalue weighted by molar-refractivity contribution is 7.79. The van der Waals surface area contributed by atoms with Crippen molar-refractivity contribution in [2.75, 3.05) is 6.54 Å². The molecule has 6 nitrogen and oxygen atoms in total. The van der Waals surface area contributed by atoms with Gasteiger partial charge in [-0.1, -0.05) is 31.5 Å². The number of phenols is 1. The molecule has 5 N–H and O–H groups in total. The number of phenolic OH excluding ortho intramolecular Hbond substituents is 1. The lowest BCUT2D eigenvalue weighted by atomic mass is 10.3. The molecule has 0 bridgehead atoms. The molecule has 0 aromatic heterocycles. The Balaban J connectivity index is 0. The molecule has 100 valence electrons. The van der Waals surface area contributed by atoms with Crippen LogP contribution in [0, 0.1) is 0 Å². The summed E-state index contributed by atoms with van der Waals surface area (Å²) in [5.41, 5.74) is 5.14. The predicted octanol–water partition coefficient (Wildman–Crippen LogP) is 1.48. The number of nitrogens with two attached hydrogens (primary N) is 1. The van der Waals surface area contributed by atoms with E-state index in [1.54, 1.807) is 24.3 Å². The molecule has 0 amide bonds. The first-order valence-corrected chi connectivity index (χ1v) is 6.35. The van der Waals surface area contributed by atoms with Crippen molar-refractivity contribution < 1.29 is 22.6 Å². The van der Waals surface area contributed by atoms with Gasteiger partial charge in [-0.05, 0) is 25.1 Å². The van der Waals surface area contributed by atoms with Crippen LogP contribution in [0.15, 0.2) is 30.3 Å². The van der Waals surface area contributed by atoms with Gasteiger partial charge in [0.1, 0.15) is 5.75 Å². The largest absolute Gasteiger partial charge is 0.508 e. The second kappa shape index (κ2) is 11.3. The average molecular weight is 265 g/mol. The van der Waals surface area contributed by atoms with Crippen LogP contribution < -0.4 is 5.73 Å². The summed E-state index contributed by atoms with van der Waals surface area (Å²) >= 11 is 0. The van der Waals surface area contributed by atoms with Gasteiger partial charge in [-0.25, -0.2) is 0 Å². The lowest BCUT2D eigenvalue weighted by molar-refractivity contribution is 0.381. The molecule has 0 radical (unpaired) electrons. The maximum absolute atomic E-state index is 8.74.